The Balaban J connectivity index is 2.44. The molecule has 2 aromatic rings. The van der Waals surface area contributed by atoms with Gasteiger partial charge in [0.1, 0.15) is 5.82 Å². The van der Waals surface area contributed by atoms with E-state index in [1.165, 1.54) is 18.3 Å². The van der Waals surface area contributed by atoms with Gasteiger partial charge in [-0.05, 0) is 35.9 Å². The van der Waals surface area contributed by atoms with Gasteiger partial charge < -0.3 is 15.5 Å². The lowest BCUT2D eigenvalue weighted by molar-refractivity contribution is -0.137. The number of halogens is 5. The maximum absolute atomic E-state index is 13.7. The van der Waals surface area contributed by atoms with Crippen LogP contribution in [0.3, 0.4) is 0 Å². The van der Waals surface area contributed by atoms with Gasteiger partial charge in [0.25, 0.3) is 0 Å². The second-order valence-corrected chi connectivity index (χ2v) is 5.79. The van der Waals surface area contributed by atoms with Crippen molar-refractivity contribution in [2.24, 2.45) is 0 Å². The number of hydrogen-bond acceptors (Lipinski definition) is 4. The number of rotatable bonds is 6. The van der Waals surface area contributed by atoms with Crippen molar-refractivity contribution in [3.8, 4) is 0 Å². The Kier molecular flexibility index (Phi) is 6.34. The molecule has 0 radical (unpaired) electrons. The summed E-state index contributed by atoms with van der Waals surface area (Å²) in [6.07, 6.45) is -4.54. The van der Waals surface area contributed by atoms with E-state index in [1.54, 1.807) is 0 Å². The summed E-state index contributed by atoms with van der Waals surface area (Å²) in [6, 6.07) is 4.19. The molecule has 0 aliphatic carbocycles. The summed E-state index contributed by atoms with van der Waals surface area (Å²) >= 11 is 5.76. The maximum atomic E-state index is 13.7. The van der Waals surface area contributed by atoms with Crippen LogP contribution in [0, 0.1) is 5.82 Å². The quantitative estimate of drug-likeness (QED) is 0.676. The zero-order valence-corrected chi connectivity index (χ0v) is 13.5. The van der Waals surface area contributed by atoms with Crippen molar-refractivity contribution >= 4 is 11.6 Å². The number of hydrogen-bond donors (Lipinski definition) is 3. The van der Waals surface area contributed by atoms with E-state index in [0.717, 1.165) is 12.1 Å². The number of aliphatic hydroxyl groups is 2. The minimum atomic E-state index is -4.71. The van der Waals surface area contributed by atoms with Gasteiger partial charge in [-0.25, -0.2) is 4.39 Å². The van der Waals surface area contributed by atoms with E-state index >= 15 is 0 Å². The average molecular weight is 379 g/mol. The highest BCUT2D eigenvalue weighted by molar-refractivity contribution is 6.30. The van der Waals surface area contributed by atoms with Crippen molar-refractivity contribution in [3.63, 3.8) is 0 Å². The molecule has 25 heavy (non-hydrogen) atoms. The second kappa shape index (κ2) is 8.09. The molecule has 0 spiro atoms. The fourth-order valence-electron chi connectivity index (χ4n) is 2.21. The predicted molar refractivity (Wildman–Crippen MR) is 83.6 cm³/mol. The monoisotopic (exact) mass is 378 g/mol. The van der Waals surface area contributed by atoms with E-state index in [0.29, 0.717) is 11.1 Å². The van der Waals surface area contributed by atoms with E-state index in [-0.39, 0.29) is 17.8 Å². The number of alkyl halides is 3. The van der Waals surface area contributed by atoms with E-state index < -0.39 is 36.3 Å². The summed E-state index contributed by atoms with van der Waals surface area (Å²) < 4.78 is 52.5. The highest BCUT2D eigenvalue weighted by Crippen LogP contribution is 2.33. The molecule has 0 bridgehead atoms. The minimum Gasteiger partial charge on any atom is -0.394 e. The molecular weight excluding hydrogens is 364 g/mol. The number of aliphatic hydroxyl groups excluding tert-OH is 2. The Bertz CT molecular complexity index is 710. The van der Waals surface area contributed by atoms with Crippen molar-refractivity contribution in [3.05, 3.63) is 64.2 Å². The van der Waals surface area contributed by atoms with Crippen LogP contribution in [-0.2, 0) is 6.18 Å². The zero-order chi connectivity index (χ0) is 18.6. The lowest BCUT2D eigenvalue weighted by atomic mass is 9.99. The molecule has 0 saturated carbocycles. The Morgan fingerprint density at radius 1 is 1.20 bits per heavy atom. The number of nitrogens with zero attached hydrogens (tertiary/aromatic N) is 1. The Morgan fingerprint density at radius 2 is 1.92 bits per heavy atom. The van der Waals surface area contributed by atoms with Gasteiger partial charge in [0.05, 0.1) is 35.0 Å². The summed E-state index contributed by atoms with van der Waals surface area (Å²) in [5, 5.41) is 21.5. The van der Waals surface area contributed by atoms with E-state index in [9.17, 15) is 22.7 Å². The third-order valence-corrected chi connectivity index (χ3v) is 3.62. The van der Waals surface area contributed by atoms with Gasteiger partial charge in [-0.15, -0.1) is 0 Å². The third-order valence-electron chi connectivity index (χ3n) is 3.40. The van der Waals surface area contributed by atoms with Gasteiger partial charge in [-0.2, -0.15) is 13.2 Å². The highest BCUT2D eigenvalue weighted by atomic mass is 35.5. The topological polar surface area (TPSA) is 65.4 Å². The summed E-state index contributed by atoms with van der Waals surface area (Å²) in [7, 11) is 0. The van der Waals surface area contributed by atoms with Crippen LogP contribution >= 0.6 is 11.6 Å². The normalized spacial score (nSPS) is 14.4. The van der Waals surface area contributed by atoms with Crippen molar-refractivity contribution in [2.45, 2.75) is 18.3 Å². The molecule has 9 heteroatoms. The molecule has 3 N–H and O–H groups in total. The average Bonchev–Trinajstić information content (AvgIpc) is 2.55. The number of pyridine rings is 1. The first-order chi connectivity index (χ1) is 11.7. The lowest BCUT2D eigenvalue weighted by Crippen LogP contribution is -2.33. The summed E-state index contributed by atoms with van der Waals surface area (Å²) in [5.41, 5.74) is -0.869. The first-order valence-electron chi connectivity index (χ1n) is 7.22. The summed E-state index contributed by atoms with van der Waals surface area (Å²) in [4.78, 5) is 4.04. The van der Waals surface area contributed by atoms with Gasteiger partial charge in [-0.3, -0.25) is 4.98 Å². The van der Waals surface area contributed by atoms with Crippen molar-refractivity contribution in [1.29, 1.82) is 0 Å². The smallest absolute Gasteiger partial charge is 0.394 e. The van der Waals surface area contributed by atoms with Gasteiger partial charge in [0.15, 0.2) is 0 Å². The fourth-order valence-corrected chi connectivity index (χ4v) is 2.32. The van der Waals surface area contributed by atoms with E-state index in [2.05, 4.69) is 10.3 Å². The number of aromatic nitrogens is 1. The van der Waals surface area contributed by atoms with Gasteiger partial charge in [0.2, 0.25) is 0 Å². The number of nitrogens with one attached hydrogen (secondary N) is 1. The molecule has 1 heterocycles. The Morgan fingerprint density at radius 3 is 2.48 bits per heavy atom. The molecule has 4 nitrogen and oxygen atoms in total. The molecule has 0 fully saturated rings. The first kappa shape index (κ1) is 19.6. The zero-order valence-electron chi connectivity index (χ0n) is 12.8. The molecule has 1 aromatic heterocycles. The molecule has 0 unspecified atom stereocenters. The van der Waals surface area contributed by atoms with Crippen LogP contribution in [0.5, 0.6) is 0 Å². The third kappa shape index (κ3) is 5.37. The second-order valence-electron chi connectivity index (χ2n) is 5.35. The van der Waals surface area contributed by atoms with Crippen molar-refractivity contribution in [2.75, 3.05) is 13.2 Å². The van der Waals surface area contributed by atoms with Crippen LogP contribution in [0.25, 0.3) is 0 Å². The van der Waals surface area contributed by atoms with Crippen LogP contribution in [0.15, 0.2) is 36.5 Å². The SMILES string of the molecule is OC[C@@H](O)CN[C@@H](c1cc(F)cc(C(F)(F)F)c1)c1ccc(Cl)cn1. The van der Waals surface area contributed by atoms with E-state index in [4.69, 9.17) is 16.7 Å². The molecule has 0 saturated heterocycles. The standard InChI is InChI=1S/C16H15ClF4N2O2/c17-11-1-2-14(22-6-11)15(23-7-13(25)8-24)9-3-10(16(19,20)21)5-12(18)4-9/h1-6,13,15,23-25H,7-8H2/t13-,15-/m0/s1. The van der Waals surface area contributed by atoms with Crippen LogP contribution in [0.4, 0.5) is 17.6 Å². The highest BCUT2D eigenvalue weighted by Gasteiger charge is 2.32. The molecule has 0 aliphatic heterocycles. The maximum Gasteiger partial charge on any atom is 0.416 e. The van der Waals surface area contributed by atoms with Crippen LogP contribution in [0.2, 0.25) is 5.02 Å². The Hall–Kier alpha value is -1.74. The van der Waals surface area contributed by atoms with Gasteiger partial charge in [-0.1, -0.05) is 11.6 Å². The van der Waals surface area contributed by atoms with Crippen LogP contribution < -0.4 is 5.32 Å². The van der Waals surface area contributed by atoms with Crippen molar-refractivity contribution < 1.29 is 27.8 Å². The molecule has 2 rings (SSSR count). The minimum absolute atomic E-state index is 0.0210. The molecule has 2 atom stereocenters. The number of benzene rings is 1. The molecule has 136 valence electrons. The van der Waals surface area contributed by atoms with Gasteiger partial charge in [0, 0.05) is 12.7 Å². The van der Waals surface area contributed by atoms with Crippen LogP contribution in [0.1, 0.15) is 22.9 Å². The molecule has 1 aromatic carbocycles. The van der Waals surface area contributed by atoms with Crippen molar-refractivity contribution in [1.82, 2.24) is 10.3 Å². The predicted octanol–water partition coefficient (Wildman–Crippen LogP) is 2.93. The summed E-state index contributed by atoms with van der Waals surface area (Å²) in [5.74, 6) is -1.05. The summed E-state index contributed by atoms with van der Waals surface area (Å²) in [6.45, 7) is -0.673. The Labute approximate surface area is 146 Å². The lowest BCUT2D eigenvalue weighted by Gasteiger charge is -2.21. The molecule has 0 amide bonds. The fraction of sp³-hybridized carbons (Fsp3) is 0.312. The first-order valence-corrected chi connectivity index (χ1v) is 7.60. The van der Waals surface area contributed by atoms with E-state index in [1.807, 2.05) is 0 Å². The molecular formula is C16H15ClF4N2O2. The largest absolute Gasteiger partial charge is 0.416 e. The van der Waals surface area contributed by atoms with Crippen LogP contribution in [-0.4, -0.2) is 34.5 Å². The van der Waals surface area contributed by atoms with Gasteiger partial charge >= 0.3 is 6.18 Å². The molecule has 0 aliphatic rings.